The van der Waals surface area contributed by atoms with Crippen LogP contribution in [-0.4, -0.2) is 44.6 Å². The third-order valence-corrected chi connectivity index (χ3v) is 4.35. The molecular formula is C18H35NO4. The third kappa shape index (κ3) is 10.7. The Hall–Kier alpha value is -0.650. The predicted molar refractivity (Wildman–Crippen MR) is 90.9 cm³/mol. The minimum Gasteiger partial charge on any atom is -0.353 e. The quantitative estimate of drug-likeness (QED) is 0.378. The highest BCUT2D eigenvalue weighted by Crippen LogP contribution is 2.15. The first-order valence-corrected chi connectivity index (χ1v) is 9.28. The van der Waals surface area contributed by atoms with E-state index < -0.39 is 0 Å². The Bertz CT molecular complexity index is 293. The zero-order chi connectivity index (χ0) is 16.8. The molecule has 0 N–H and O–H groups in total. The molecule has 136 valence electrons. The molecule has 1 fully saturated rings. The van der Waals surface area contributed by atoms with E-state index in [2.05, 4.69) is 0 Å². The second-order valence-electron chi connectivity index (χ2n) is 6.32. The topological polar surface area (TPSA) is 48.0 Å². The average Bonchev–Trinajstić information content (AvgIpc) is 2.59. The predicted octanol–water partition coefficient (Wildman–Crippen LogP) is 4.06. The number of rotatable bonds is 13. The molecule has 1 rings (SSSR count). The van der Waals surface area contributed by atoms with Crippen molar-refractivity contribution >= 4 is 5.91 Å². The van der Waals surface area contributed by atoms with Crippen LogP contribution >= 0.6 is 0 Å². The summed E-state index contributed by atoms with van der Waals surface area (Å²) in [4.78, 5) is 16.4. The lowest BCUT2D eigenvalue weighted by Gasteiger charge is -2.22. The number of carbonyl (C=O) groups is 1. The molecule has 1 aliphatic heterocycles. The Morgan fingerprint density at radius 3 is 2.30 bits per heavy atom. The van der Waals surface area contributed by atoms with Gasteiger partial charge in [0.15, 0.2) is 6.29 Å². The number of nitrogens with zero attached hydrogens (tertiary/aromatic N) is 1. The summed E-state index contributed by atoms with van der Waals surface area (Å²) >= 11 is 0. The van der Waals surface area contributed by atoms with Crippen molar-refractivity contribution in [1.29, 1.82) is 0 Å². The van der Waals surface area contributed by atoms with Gasteiger partial charge < -0.3 is 9.47 Å². The van der Waals surface area contributed by atoms with Gasteiger partial charge in [-0.2, -0.15) is 0 Å². The molecule has 1 atom stereocenters. The monoisotopic (exact) mass is 329 g/mol. The smallest absolute Gasteiger partial charge is 0.245 e. The third-order valence-electron chi connectivity index (χ3n) is 4.35. The van der Waals surface area contributed by atoms with Crippen molar-refractivity contribution in [3.8, 4) is 0 Å². The van der Waals surface area contributed by atoms with Crippen molar-refractivity contribution < 1.29 is 19.1 Å². The minimum atomic E-state index is 0.0589. The molecule has 1 unspecified atom stereocenters. The molecular weight excluding hydrogens is 294 g/mol. The van der Waals surface area contributed by atoms with Gasteiger partial charge in [0.2, 0.25) is 5.91 Å². The zero-order valence-electron chi connectivity index (χ0n) is 15.1. The van der Waals surface area contributed by atoms with Crippen LogP contribution in [0.5, 0.6) is 0 Å². The van der Waals surface area contributed by atoms with Gasteiger partial charge in [-0.1, -0.05) is 38.5 Å². The lowest BCUT2D eigenvalue weighted by Crippen LogP contribution is -2.24. The first-order valence-electron chi connectivity index (χ1n) is 9.28. The summed E-state index contributed by atoms with van der Waals surface area (Å²) < 4.78 is 11.3. The van der Waals surface area contributed by atoms with Gasteiger partial charge in [0.1, 0.15) is 0 Å². The van der Waals surface area contributed by atoms with Crippen LogP contribution in [0.1, 0.15) is 77.0 Å². The van der Waals surface area contributed by atoms with Crippen molar-refractivity contribution in [1.82, 2.24) is 5.06 Å². The van der Waals surface area contributed by atoms with Gasteiger partial charge in [-0.3, -0.25) is 9.63 Å². The van der Waals surface area contributed by atoms with Gasteiger partial charge in [-0.05, 0) is 32.1 Å². The second-order valence-corrected chi connectivity index (χ2v) is 6.32. The van der Waals surface area contributed by atoms with E-state index in [1.807, 2.05) is 0 Å². The van der Waals surface area contributed by atoms with Gasteiger partial charge in [-0.25, -0.2) is 5.06 Å². The largest absolute Gasteiger partial charge is 0.353 e. The van der Waals surface area contributed by atoms with E-state index in [9.17, 15) is 4.79 Å². The van der Waals surface area contributed by atoms with E-state index in [-0.39, 0.29) is 12.2 Å². The Balaban J connectivity index is 1.77. The Morgan fingerprint density at radius 2 is 1.70 bits per heavy atom. The fourth-order valence-electron chi connectivity index (χ4n) is 2.76. The molecule has 5 nitrogen and oxygen atoms in total. The number of hydrogen-bond acceptors (Lipinski definition) is 4. The summed E-state index contributed by atoms with van der Waals surface area (Å²) in [5.74, 6) is 0.0643. The molecule has 5 heteroatoms. The molecule has 0 saturated carbocycles. The molecule has 0 aromatic rings. The maximum atomic E-state index is 11.5. The van der Waals surface area contributed by atoms with Gasteiger partial charge in [-0.15, -0.1) is 0 Å². The highest BCUT2D eigenvalue weighted by atomic mass is 16.7. The molecule has 0 spiro atoms. The molecule has 23 heavy (non-hydrogen) atoms. The van der Waals surface area contributed by atoms with Crippen LogP contribution in [0.15, 0.2) is 0 Å². The highest BCUT2D eigenvalue weighted by Gasteiger charge is 2.13. The molecule has 0 aromatic carbocycles. The van der Waals surface area contributed by atoms with E-state index in [0.717, 1.165) is 38.9 Å². The summed E-state index contributed by atoms with van der Waals surface area (Å²) in [6, 6.07) is 0. The second kappa shape index (κ2) is 13.8. The van der Waals surface area contributed by atoms with Crippen LogP contribution in [0.3, 0.4) is 0 Å². The van der Waals surface area contributed by atoms with E-state index in [4.69, 9.17) is 14.3 Å². The molecule has 0 aromatic heterocycles. The zero-order valence-corrected chi connectivity index (χ0v) is 15.1. The number of hydroxylamine groups is 2. The van der Waals surface area contributed by atoms with Crippen molar-refractivity contribution in [3.63, 3.8) is 0 Å². The van der Waals surface area contributed by atoms with Crippen LogP contribution in [0.4, 0.5) is 0 Å². The van der Waals surface area contributed by atoms with Crippen molar-refractivity contribution in [2.45, 2.75) is 83.3 Å². The fourth-order valence-corrected chi connectivity index (χ4v) is 2.76. The molecule has 0 bridgehead atoms. The summed E-state index contributed by atoms with van der Waals surface area (Å²) in [5, 5.41) is 1.31. The van der Waals surface area contributed by atoms with Gasteiger partial charge >= 0.3 is 0 Å². The minimum absolute atomic E-state index is 0.0589. The number of hydrogen-bond donors (Lipinski definition) is 0. The fraction of sp³-hybridized carbons (Fsp3) is 0.944. The SMILES string of the molecule is CON(C)C(=O)CCCCCCCCCCOC1CCCCO1. The summed E-state index contributed by atoms with van der Waals surface area (Å²) in [6.45, 7) is 1.69. The normalized spacial score (nSPS) is 18.1. The van der Waals surface area contributed by atoms with Crippen LogP contribution in [0.2, 0.25) is 0 Å². The first-order chi connectivity index (χ1) is 11.2. The lowest BCUT2D eigenvalue weighted by atomic mass is 10.1. The van der Waals surface area contributed by atoms with Gasteiger partial charge in [0, 0.05) is 26.7 Å². The number of ether oxygens (including phenoxy) is 2. The van der Waals surface area contributed by atoms with Gasteiger partial charge in [0.25, 0.3) is 0 Å². The molecule has 1 amide bonds. The average molecular weight is 329 g/mol. The van der Waals surface area contributed by atoms with Crippen molar-refractivity contribution in [2.75, 3.05) is 27.4 Å². The molecule has 0 aliphatic carbocycles. The van der Waals surface area contributed by atoms with E-state index in [1.54, 1.807) is 7.05 Å². The van der Waals surface area contributed by atoms with E-state index in [0.29, 0.717) is 6.42 Å². The van der Waals surface area contributed by atoms with Crippen molar-refractivity contribution in [3.05, 3.63) is 0 Å². The van der Waals surface area contributed by atoms with E-state index in [1.165, 1.54) is 57.1 Å². The first kappa shape index (κ1) is 20.4. The van der Waals surface area contributed by atoms with Crippen LogP contribution < -0.4 is 0 Å². The molecule has 1 saturated heterocycles. The Morgan fingerprint density at radius 1 is 1.04 bits per heavy atom. The summed E-state index contributed by atoms with van der Waals surface area (Å²) in [5.41, 5.74) is 0. The molecule has 1 aliphatic rings. The summed E-state index contributed by atoms with van der Waals surface area (Å²) in [7, 11) is 3.18. The number of unbranched alkanes of at least 4 members (excludes halogenated alkanes) is 7. The lowest BCUT2D eigenvalue weighted by molar-refractivity contribution is -0.168. The maximum absolute atomic E-state index is 11.5. The number of amides is 1. The summed E-state index contributed by atoms with van der Waals surface area (Å²) in [6.07, 6.45) is 13.6. The van der Waals surface area contributed by atoms with Crippen LogP contribution in [0, 0.1) is 0 Å². The maximum Gasteiger partial charge on any atom is 0.245 e. The molecule has 1 heterocycles. The van der Waals surface area contributed by atoms with Crippen LogP contribution in [-0.2, 0) is 19.1 Å². The highest BCUT2D eigenvalue weighted by molar-refractivity contribution is 5.74. The van der Waals surface area contributed by atoms with Crippen LogP contribution in [0.25, 0.3) is 0 Å². The Kier molecular flexibility index (Phi) is 12.2. The standard InChI is InChI=1S/C18H35NO4/c1-19(21-2)17(20)13-9-7-5-3-4-6-8-11-15-22-18-14-10-12-16-23-18/h18H,3-16H2,1-2H3. The van der Waals surface area contributed by atoms with Gasteiger partial charge in [0.05, 0.1) is 7.11 Å². The Labute approximate surface area is 141 Å². The molecule has 0 radical (unpaired) electrons. The van der Waals surface area contributed by atoms with Crippen molar-refractivity contribution in [2.24, 2.45) is 0 Å². The van der Waals surface area contributed by atoms with E-state index >= 15 is 0 Å². The number of carbonyl (C=O) groups excluding carboxylic acids is 1.